The molecule has 0 heterocycles. The van der Waals surface area contributed by atoms with Crippen LogP contribution in [0, 0.1) is 29.1 Å². The Bertz CT molecular complexity index is 339. The maximum absolute atomic E-state index is 10.6. The molecule has 0 aromatic rings. The molecular formula is C15H24O. The topological polar surface area (TPSA) is 20.2 Å². The summed E-state index contributed by atoms with van der Waals surface area (Å²) in [5, 5.41) is 10.6. The lowest BCUT2D eigenvalue weighted by Gasteiger charge is -2.31. The Balaban J connectivity index is 1.98. The molecule has 0 aliphatic heterocycles. The van der Waals surface area contributed by atoms with Crippen LogP contribution in [-0.2, 0) is 0 Å². The molecule has 3 rings (SSSR count). The second-order valence-electron chi connectivity index (χ2n) is 7.18. The molecule has 0 amide bonds. The van der Waals surface area contributed by atoms with Crippen molar-refractivity contribution in [3.63, 3.8) is 0 Å². The summed E-state index contributed by atoms with van der Waals surface area (Å²) in [7, 11) is 0. The predicted molar refractivity (Wildman–Crippen MR) is 66.0 cm³/mol. The maximum Gasteiger partial charge on any atom is 0.0656 e. The van der Waals surface area contributed by atoms with Crippen molar-refractivity contribution in [1.29, 1.82) is 0 Å². The van der Waals surface area contributed by atoms with Crippen molar-refractivity contribution in [3.8, 4) is 0 Å². The summed E-state index contributed by atoms with van der Waals surface area (Å²) in [6.07, 6.45) is 4.64. The van der Waals surface area contributed by atoms with Crippen LogP contribution in [0.25, 0.3) is 0 Å². The lowest BCUT2D eigenvalue weighted by Crippen LogP contribution is -2.34. The van der Waals surface area contributed by atoms with E-state index in [1.165, 1.54) is 18.4 Å². The van der Waals surface area contributed by atoms with E-state index in [2.05, 4.69) is 27.4 Å². The average Bonchev–Trinajstić information content (AvgIpc) is 2.61. The Morgan fingerprint density at radius 3 is 2.56 bits per heavy atom. The van der Waals surface area contributed by atoms with Gasteiger partial charge in [0, 0.05) is 0 Å². The lowest BCUT2D eigenvalue weighted by molar-refractivity contribution is -0.00137. The zero-order valence-electron chi connectivity index (χ0n) is 10.8. The van der Waals surface area contributed by atoms with E-state index in [-0.39, 0.29) is 0 Å². The number of allylic oxidation sites excluding steroid dienone is 1. The summed E-state index contributed by atoms with van der Waals surface area (Å²) >= 11 is 0. The van der Waals surface area contributed by atoms with Crippen LogP contribution in [0.15, 0.2) is 12.2 Å². The van der Waals surface area contributed by atoms with Gasteiger partial charge in [0.2, 0.25) is 0 Å². The summed E-state index contributed by atoms with van der Waals surface area (Å²) in [6, 6.07) is 0. The van der Waals surface area contributed by atoms with Crippen LogP contribution in [0.3, 0.4) is 0 Å². The quantitative estimate of drug-likeness (QED) is 0.620. The molecule has 0 bridgehead atoms. The van der Waals surface area contributed by atoms with Gasteiger partial charge in [0.1, 0.15) is 0 Å². The largest absolute Gasteiger partial charge is 0.390 e. The molecule has 0 radical (unpaired) electrons. The van der Waals surface area contributed by atoms with Crippen molar-refractivity contribution in [1.82, 2.24) is 0 Å². The van der Waals surface area contributed by atoms with Crippen LogP contribution in [0.5, 0.6) is 0 Å². The average molecular weight is 220 g/mol. The van der Waals surface area contributed by atoms with Crippen LogP contribution in [0.4, 0.5) is 0 Å². The number of aliphatic hydroxyl groups is 1. The summed E-state index contributed by atoms with van der Waals surface area (Å²) in [5.41, 5.74) is 1.46. The third-order valence-corrected chi connectivity index (χ3v) is 5.94. The standard InChI is InChI=1S/C15H24O/c1-9-5-6-11-13(14(11,2)3)12-10(9)7-8-15(12,4)16/h10-13,16H,1,5-8H2,2-4H3/t10-,11-,12-,13-,15+/m1/s1. The molecule has 1 heteroatoms. The molecule has 3 fully saturated rings. The summed E-state index contributed by atoms with van der Waals surface area (Å²) < 4.78 is 0. The van der Waals surface area contributed by atoms with E-state index in [1.54, 1.807) is 0 Å². The fourth-order valence-electron chi connectivity index (χ4n) is 4.90. The first-order valence-electron chi connectivity index (χ1n) is 6.76. The normalized spacial score (nSPS) is 54.1. The molecule has 90 valence electrons. The Hall–Kier alpha value is -0.300. The van der Waals surface area contributed by atoms with Gasteiger partial charge in [-0.05, 0) is 61.7 Å². The van der Waals surface area contributed by atoms with Crippen LogP contribution in [-0.4, -0.2) is 10.7 Å². The van der Waals surface area contributed by atoms with E-state index >= 15 is 0 Å². The molecule has 0 spiro atoms. The van der Waals surface area contributed by atoms with Crippen molar-refractivity contribution in [3.05, 3.63) is 12.2 Å². The molecule has 5 atom stereocenters. The fourth-order valence-corrected chi connectivity index (χ4v) is 4.90. The van der Waals surface area contributed by atoms with E-state index in [9.17, 15) is 5.11 Å². The van der Waals surface area contributed by atoms with Gasteiger partial charge < -0.3 is 5.11 Å². The zero-order valence-corrected chi connectivity index (χ0v) is 10.8. The van der Waals surface area contributed by atoms with Crippen LogP contribution in [0.2, 0.25) is 0 Å². The molecule has 1 N–H and O–H groups in total. The monoisotopic (exact) mass is 220 g/mol. The lowest BCUT2D eigenvalue weighted by atomic mass is 9.78. The molecule has 3 aliphatic carbocycles. The highest BCUT2D eigenvalue weighted by atomic mass is 16.3. The first-order valence-corrected chi connectivity index (χ1v) is 6.76. The minimum absolute atomic E-state index is 0.436. The fraction of sp³-hybridized carbons (Fsp3) is 0.867. The van der Waals surface area contributed by atoms with Crippen molar-refractivity contribution in [2.45, 2.75) is 52.1 Å². The Morgan fingerprint density at radius 1 is 1.19 bits per heavy atom. The Morgan fingerprint density at radius 2 is 1.88 bits per heavy atom. The van der Waals surface area contributed by atoms with Gasteiger partial charge >= 0.3 is 0 Å². The van der Waals surface area contributed by atoms with E-state index in [1.807, 2.05) is 0 Å². The minimum atomic E-state index is -0.436. The first-order chi connectivity index (χ1) is 7.36. The van der Waals surface area contributed by atoms with Crippen LogP contribution in [0.1, 0.15) is 46.5 Å². The summed E-state index contributed by atoms with van der Waals surface area (Å²) in [4.78, 5) is 0. The third kappa shape index (κ3) is 1.21. The molecule has 16 heavy (non-hydrogen) atoms. The molecule has 1 nitrogen and oxygen atoms in total. The smallest absolute Gasteiger partial charge is 0.0656 e. The first kappa shape index (κ1) is 10.8. The predicted octanol–water partition coefficient (Wildman–Crippen LogP) is 3.39. The van der Waals surface area contributed by atoms with Gasteiger partial charge in [0.25, 0.3) is 0 Å². The second kappa shape index (κ2) is 2.93. The van der Waals surface area contributed by atoms with Crippen LogP contribution >= 0.6 is 0 Å². The highest BCUT2D eigenvalue weighted by Crippen LogP contribution is 2.71. The van der Waals surface area contributed by atoms with Gasteiger partial charge in [0.05, 0.1) is 5.60 Å². The van der Waals surface area contributed by atoms with Gasteiger partial charge in [-0.1, -0.05) is 26.0 Å². The van der Waals surface area contributed by atoms with Crippen molar-refractivity contribution in [2.75, 3.05) is 0 Å². The molecule has 3 aliphatic rings. The highest BCUT2D eigenvalue weighted by molar-refractivity contribution is 5.22. The molecular weight excluding hydrogens is 196 g/mol. The molecule has 3 saturated carbocycles. The van der Waals surface area contributed by atoms with Gasteiger partial charge in [-0.25, -0.2) is 0 Å². The second-order valence-corrected chi connectivity index (χ2v) is 7.18. The van der Waals surface area contributed by atoms with Crippen molar-refractivity contribution >= 4 is 0 Å². The van der Waals surface area contributed by atoms with E-state index in [4.69, 9.17) is 0 Å². The van der Waals surface area contributed by atoms with Gasteiger partial charge in [0.15, 0.2) is 0 Å². The SMILES string of the molecule is C=C1CC[C@@H]2[C@H]([C@H]3[C@@H]1CC[C@]3(C)O)C2(C)C. The maximum atomic E-state index is 10.6. The molecule has 0 saturated heterocycles. The zero-order chi connectivity index (χ0) is 11.7. The third-order valence-electron chi connectivity index (χ3n) is 5.94. The summed E-state index contributed by atoms with van der Waals surface area (Å²) in [6.45, 7) is 11.1. The van der Waals surface area contributed by atoms with Gasteiger partial charge in [-0.3, -0.25) is 0 Å². The molecule has 0 aromatic heterocycles. The number of hydrogen-bond acceptors (Lipinski definition) is 1. The summed E-state index contributed by atoms with van der Waals surface area (Å²) in [5.74, 6) is 2.67. The molecule has 0 unspecified atom stereocenters. The highest BCUT2D eigenvalue weighted by Gasteiger charge is 2.67. The van der Waals surface area contributed by atoms with Gasteiger partial charge in [-0.15, -0.1) is 0 Å². The van der Waals surface area contributed by atoms with Gasteiger partial charge in [-0.2, -0.15) is 0 Å². The number of hydrogen-bond donors (Lipinski definition) is 1. The number of rotatable bonds is 0. The van der Waals surface area contributed by atoms with E-state index in [0.29, 0.717) is 17.3 Å². The Kier molecular flexibility index (Phi) is 1.98. The van der Waals surface area contributed by atoms with Crippen LogP contribution < -0.4 is 0 Å². The Labute approximate surface area is 98.9 Å². The molecule has 0 aromatic carbocycles. The van der Waals surface area contributed by atoms with Crippen molar-refractivity contribution < 1.29 is 5.11 Å². The van der Waals surface area contributed by atoms with Crippen molar-refractivity contribution in [2.24, 2.45) is 29.1 Å². The van der Waals surface area contributed by atoms with E-state index in [0.717, 1.165) is 24.7 Å². The minimum Gasteiger partial charge on any atom is -0.390 e. The number of fused-ring (bicyclic) bond motifs is 3. The van der Waals surface area contributed by atoms with E-state index < -0.39 is 5.60 Å².